The molecular weight excluding hydrogens is 310 g/mol. The van der Waals surface area contributed by atoms with E-state index in [1.54, 1.807) is 0 Å². The van der Waals surface area contributed by atoms with Crippen molar-refractivity contribution in [2.45, 2.75) is 18.8 Å². The highest BCUT2D eigenvalue weighted by Gasteiger charge is 2.29. The summed E-state index contributed by atoms with van der Waals surface area (Å²) in [5.41, 5.74) is 12.5. The van der Waals surface area contributed by atoms with Crippen molar-refractivity contribution in [1.82, 2.24) is 19.7 Å². The fraction of sp³-hybridized carbons (Fsp3) is 0.150. The van der Waals surface area contributed by atoms with E-state index in [4.69, 9.17) is 10.8 Å². The number of aromatic nitrogens is 4. The van der Waals surface area contributed by atoms with Gasteiger partial charge in [0.05, 0.1) is 11.4 Å². The molecule has 2 aromatic heterocycles. The second-order valence-corrected chi connectivity index (χ2v) is 6.38. The summed E-state index contributed by atoms with van der Waals surface area (Å²) in [4.78, 5) is 8.71. The number of rotatable bonds is 2. The predicted octanol–water partition coefficient (Wildman–Crippen LogP) is 3.48. The van der Waals surface area contributed by atoms with Crippen LogP contribution in [-0.4, -0.2) is 19.7 Å². The number of fused-ring (bicyclic) bond motifs is 2. The maximum absolute atomic E-state index is 6.19. The van der Waals surface area contributed by atoms with Gasteiger partial charge < -0.3 is 5.73 Å². The minimum atomic E-state index is 0.248. The van der Waals surface area contributed by atoms with Crippen LogP contribution in [0.3, 0.4) is 0 Å². The van der Waals surface area contributed by atoms with Crippen molar-refractivity contribution in [3.63, 3.8) is 0 Å². The molecule has 0 saturated heterocycles. The lowest BCUT2D eigenvalue weighted by atomic mass is 9.97. The lowest BCUT2D eigenvalue weighted by Gasteiger charge is -2.08. The summed E-state index contributed by atoms with van der Waals surface area (Å²) in [7, 11) is 0. The number of nitrogens with two attached hydrogens (primary N) is 1. The molecule has 1 unspecified atom stereocenters. The van der Waals surface area contributed by atoms with E-state index in [9.17, 15) is 0 Å². The Bertz CT molecular complexity index is 1070. The van der Waals surface area contributed by atoms with Crippen LogP contribution in [0.1, 0.15) is 29.2 Å². The fourth-order valence-electron chi connectivity index (χ4n) is 3.83. The summed E-state index contributed by atoms with van der Waals surface area (Å²) in [6.45, 7) is 0. The number of aryl methyl sites for hydroxylation is 1. The van der Waals surface area contributed by atoms with Crippen LogP contribution in [0, 0.1) is 0 Å². The smallest absolute Gasteiger partial charge is 0.153 e. The normalized spacial score (nSPS) is 16.2. The fourth-order valence-corrected chi connectivity index (χ4v) is 3.83. The summed E-state index contributed by atoms with van der Waals surface area (Å²) in [6.07, 6.45) is 3.64. The molecule has 1 atom stereocenters. The third kappa shape index (κ3) is 2.12. The molecule has 0 fully saturated rings. The molecule has 0 radical (unpaired) electrons. The number of para-hydroxylation sites is 1. The SMILES string of the molecule is Nc1ncnc2c(C3CCc4ccccc43)nn(-c3ccccc3)c12. The van der Waals surface area contributed by atoms with Crippen molar-refractivity contribution >= 4 is 16.9 Å². The van der Waals surface area contributed by atoms with Crippen LogP contribution in [0.2, 0.25) is 0 Å². The van der Waals surface area contributed by atoms with Gasteiger partial charge in [-0.25, -0.2) is 14.6 Å². The maximum Gasteiger partial charge on any atom is 0.153 e. The standard InChI is InChI=1S/C20H17N5/c21-20-19-18(22-12-23-20)17(24-25(19)14-7-2-1-3-8-14)16-11-10-13-6-4-5-9-15(13)16/h1-9,12,16H,10-11H2,(H2,21,22,23). The first kappa shape index (κ1) is 14.2. The highest BCUT2D eigenvalue weighted by Crippen LogP contribution is 2.40. The van der Waals surface area contributed by atoms with E-state index < -0.39 is 0 Å². The monoisotopic (exact) mass is 327 g/mol. The van der Waals surface area contributed by atoms with Gasteiger partial charge in [0.2, 0.25) is 0 Å². The minimum absolute atomic E-state index is 0.248. The average Bonchev–Trinajstić information content (AvgIpc) is 3.24. The van der Waals surface area contributed by atoms with Gasteiger partial charge in [0.15, 0.2) is 5.82 Å². The van der Waals surface area contributed by atoms with Gasteiger partial charge in [-0.15, -0.1) is 0 Å². The molecule has 25 heavy (non-hydrogen) atoms. The summed E-state index contributed by atoms with van der Waals surface area (Å²) in [5.74, 6) is 0.705. The summed E-state index contributed by atoms with van der Waals surface area (Å²) in [5, 5.41) is 4.94. The van der Waals surface area contributed by atoms with Crippen molar-refractivity contribution in [3.8, 4) is 5.69 Å². The molecule has 122 valence electrons. The third-order valence-electron chi connectivity index (χ3n) is 4.98. The molecule has 0 bridgehead atoms. The van der Waals surface area contributed by atoms with E-state index >= 15 is 0 Å². The van der Waals surface area contributed by atoms with E-state index in [0.717, 1.165) is 35.3 Å². The van der Waals surface area contributed by atoms with Gasteiger partial charge in [0.25, 0.3) is 0 Å². The number of nitrogens with zero attached hydrogens (tertiary/aromatic N) is 4. The van der Waals surface area contributed by atoms with Crippen LogP contribution >= 0.6 is 0 Å². The molecule has 5 heteroatoms. The lowest BCUT2D eigenvalue weighted by Crippen LogP contribution is -2.01. The molecule has 4 aromatic rings. The zero-order chi connectivity index (χ0) is 16.8. The molecule has 5 rings (SSSR count). The number of hydrogen-bond donors (Lipinski definition) is 1. The summed E-state index contributed by atoms with van der Waals surface area (Å²) < 4.78 is 1.88. The van der Waals surface area contributed by atoms with E-state index in [2.05, 4.69) is 34.2 Å². The Morgan fingerprint density at radius 2 is 1.76 bits per heavy atom. The van der Waals surface area contributed by atoms with Crippen LogP contribution in [0.15, 0.2) is 60.9 Å². The second kappa shape index (κ2) is 5.41. The molecule has 0 spiro atoms. The van der Waals surface area contributed by atoms with Crippen molar-refractivity contribution in [1.29, 1.82) is 0 Å². The molecule has 0 saturated carbocycles. The summed E-state index contributed by atoms with van der Waals surface area (Å²) >= 11 is 0. The Hall–Kier alpha value is -3.21. The summed E-state index contributed by atoms with van der Waals surface area (Å²) in [6, 6.07) is 18.6. The van der Waals surface area contributed by atoms with Crippen LogP contribution in [0.4, 0.5) is 5.82 Å². The van der Waals surface area contributed by atoms with Gasteiger partial charge >= 0.3 is 0 Å². The van der Waals surface area contributed by atoms with Crippen LogP contribution in [0.25, 0.3) is 16.7 Å². The molecule has 5 nitrogen and oxygen atoms in total. The first-order valence-corrected chi connectivity index (χ1v) is 8.45. The number of nitrogen functional groups attached to an aromatic ring is 1. The van der Waals surface area contributed by atoms with Crippen molar-refractivity contribution in [2.75, 3.05) is 5.73 Å². The number of hydrogen-bond acceptors (Lipinski definition) is 4. The van der Waals surface area contributed by atoms with Crippen molar-refractivity contribution < 1.29 is 0 Å². The van der Waals surface area contributed by atoms with E-state index in [-0.39, 0.29) is 5.92 Å². The Balaban J connectivity index is 1.77. The van der Waals surface area contributed by atoms with Crippen molar-refractivity contribution in [3.05, 3.63) is 77.7 Å². The Labute approximate surface area is 145 Å². The Kier molecular flexibility index (Phi) is 3.06. The number of benzene rings is 2. The molecule has 2 aromatic carbocycles. The van der Waals surface area contributed by atoms with E-state index in [1.165, 1.54) is 17.5 Å². The lowest BCUT2D eigenvalue weighted by molar-refractivity contribution is 0.738. The second-order valence-electron chi connectivity index (χ2n) is 6.38. The zero-order valence-corrected chi connectivity index (χ0v) is 13.6. The molecular formula is C20H17N5. The Morgan fingerprint density at radius 1 is 0.960 bits per heavy atom. The largest absolute Gasteiger partial charge is 0.382 e. The minimum Gasteiger partial charge on any atom is -0.382 e. The van der Waals surface area contributed by atoms with Crippen molar-refractivity contribution in [2.24, 2.45) is 0 Å². The van der Waals surface area contributed by atoms with Gasteiger partial charge in [-0.05, 0) is 36.1 Å². The van der Waals surface area contributed by atoms with Gasteiger partial charge in [-0.1, -0.05) is 42.5 Å². The van der Waals surface area contributed by atoms with Gasteiger partial charge in [-0.2, -0.15) is 5.10 Å². The first-order chi connectivity index (χ1) is 12.3. The van der Waals surface area contributed by atoms with Crippen LogP contribution in [0.5, 0.6) is 0 Å². The first-order valence-electron chi connectivity index (χ1n) is 8.45. The Morgan fingerprint density at radius 3 is 2.64 bits per heavy atom. The zero-order valence-electron chi connectivity index (χ0n) is 13.6. The number of anilines is 1. The topological polar surface area (TPSA) is 69.6 Å². The molecule has 2 N–H and O–H groups in total. The third-order valence-corrected chi connectivity index (χ3v) is 4.98. The molecule has 0 amide bonds. The van der Waals surface area contributed by atoms with Gasteiger partial charge in [-0.3, -0.25) is 0 Å². The predicted molar refractivity (Wildman–Crippen MR) is 97.7 cm³/mol. The highest BCUT2D eigenvalue weighted by atomic mass is 15.3. The van der Waals surface area contributed by atoms with E-state index in [1.807, 2.05) is 35.0 Å². The van der Waals surface area contributed by atoms with Crippen LogP contribution < -0.4 is 5.73 Å². The van der Waals surface area contributed by atoms with Crippen LogP contribution in [-0.2, 0) is 6.42 Å². The molecule has 0 aliphatic heterocycles. The quantitative estimate of drug-likeness (QED) is 0.612. The average molecular weight is 327 g/mol. The van der Waals surface area contributed by atoms with Gasteiger partial charge in [0.1, 0.15) is 17.4 Å². The molecule has 1 aliphatic carbocycles. The highest BCUT2D eigenvalue weighted by molar-refractivity contribution is 5.88. The van der Waals surface area contributed by atoms with E-state index in [0.29, 0.717) is 5.82 Å². The molecule has 2 heterocycles. The maximum atomic E-state index is 6.19. The molecule has 1 aliphatic rings. The van der Waals surface area contributed by atoms with Gasteiger partial charge in [0, 0.05) is 5.92 Å².